The number of H-pyrrole nitrogens is 2. The summed E-state index contributed by atoms with van der Waals surface area (Å²) in [6.07, 6.45) is 8.96. The third-order valence-electron chi connectivity index (χ3n) is 10.7. The van der Waals surface area contributed by atoms with Crippen molar-refractivity contribution in [3.05, 3.63) is 201 Å². The number of allylic oxidation sites excluding steroid dienone is 4. The molecule has 8 aromatic rings. The van der Waals surface area contributed by atoms with Gasteiger partial charge >= 0.3 is 0 Å². The molecule has 63 heavy (non-hydrogen) atoms. The number of aromatic nitrogens is 4. The SMILES string of the molecule is CCCOc1ccccc1-c1nc2c(/C(C)=C\CCc3ccccc3)cccc2c(=O)[nH]1.CCCOc1ccccc1-c1nc2c(/C(C)=C\Cc3ccccc3)cccc2c(=O)[nH]1. The van der Waals surface area contributed by atoms with E-state index in [2.05, 4.69) is 86.2 Å². The molecule has 8 nitrogen and oxygen atoms in total. The van der Waals surface area contributed by atoms with Crippen molar-refractivity contribution < 1.29 is 9.47 Å². The van der Waals surface area contributed by atoms with E-state index in [1.807, 2.05) is 109 Å². The number of rotatable bonds is 15. The summed E-state index contributed by atoms with van der Waals surface area (Å²) in [5.41, 5.74) is 9.42. The molecule has 0 spiro atoms. The fraction of sp³-hybridized carbons (Fsp3) is 0.200. The molecule has 2 N–H and O–H groups in total. The molecule has 6 aromatic carbocycles. The van der Waals surface area contributed by atoms with E-state index in [0.717, 1.165) is 77.0 Å². The van der Waals surface area contributed by atoms with Gasteiger partial charge in [0.25, 0.3) is 11.1 Å². The van der Waals surface area contributed by atoms with Crippen LogP contribution in [0.2, 0.25) is 0 Å². The number of nitrogens with zero attached hydrogens (tertiary/aromatic N) is 2. The minimum absolute atomic E-state index is 0.144. The lowest BCUT2D eigenvalue weighted by molar-refractivity contribution is 0.318. The number of ether oxygens (including phenoxy) is 2. The van der Waals surface area contributed by atoms with Crippen molar-refractivity contribution in [2.75, 3.05) is 13.2 Å². The Morgan fingerprint density at radius 1 is 0.524 bits per heavy atom. The summed E-state index contributed by atoms with van der Waals surface area (Å²) in [6.45, 7) is 9.51. The molecule has 0 atom stereocenters. The van der Waals surface area contributed by atoms with E-state index in [9.17, 15) is 9.59 Å². The van der Waals surface area contributed by atoms with Gasteiger partial charge in [-0.15, -0.1) is 0 Å². The number of fused-ring (bicyclic) bond motifs is 2. The molecule has 0 bridgehead atoms. The second kappa shape index (κ2) is 21.5. The van der Waals surface area contributed by atoms with Crippen LogP contribution in [0.25, 0.3) is 55.7 Å². The van der Waals surface area contributed by atoms with Crippen molar-refractivity contribution in [1.82, 2.24) is 19.9 Å². The van der Waals surface area contributed by atoms with Gasteiger partial charge in [-0.05, 0) is 105 Å². The third kappa shape index (κ3) is 11.0. The number of nitrogens with one attached hydrogen (secondary N) is 2. The van der Waals surface area contributed by atoms with Crippen LogP contribution in [0.3, 0.4) is 0 Å². The summed E-state index contributed by atoms with van der Waals surface area (Å²) in [7, 11) is 0. The molecular formula is C55H54N4O4. The Morgan fingerprint density at radius 3 is 1.46 bits per heavy atom. The van der Waals surface area contributed by atoms with Crippen LogP contribution < -0.4 is 20.6 Å². The maximum atomic E-state index is 12.9. The van der Waals surface area contributed by atoms with Gasteiger partial charge in [0.1, 0.15) is 23.1 Å². The first kappa shape index (κ1) is 43.8. The molecule has 0 amide bonds. The monoisotopic (exact) mass is 834 g/mol. The molecule has 318 valence electrons. The topological polar surface area (TPSA) is 110 Å². The number of aryl methyl sites for hydroxylation is 1. The minimum Gasteiger partial charge on any atom is -0.493 e. The average molecular weight is 835 g/mol. The Morgan fingerprint density at radius 2 is 0.968 bits per heavy atom. The highest BCUT2D eigenvalue weighted by atomic mass is 16.5. The number of aromatic amines is 2. The Labute approximate surface area is 369 Å². The zero-order chi connectivity index (χ0) is 44.0. The van der Waals surface area contributed by atoms with Crippen LogP contribution in [-0.2, 0) is 12.8 Å². The first-order valence-electron chi connectivity index (χ1n) is 21.8. The van der Waals surface area contributed by atoms with Crippen molar-refractivity contribution in [3.8, 4) is 34.3 Å². The normalized spacial score (nSPS) is 11.6. The first-order valence-corrected chi connectivity index (χ1v) is 21.8. The summed E-state index contributed by atoms with van der Waals surface area (Å²) in [5, 5.41) is 1.18. The number of hydrogen-bond acceptors (Lipinski definition) is 6. The average Bonchev–Trinajstić information content (AvgIpc) is 3.32. The number of hydrogen-bond donors (Lipinski definition) is 2. The van der Waals surface area contributed by atoms with E-state index in [0.29, 0.717) is 46.7 Å². The molecule has 0 aliphatic heterocycles. The lowest BCUT2D eigenvalue weighted by Crippen LogP contribution is -2.11. The largest absolute Gasteiger partial charge is 0.493 e. The van der Waals surface area contributed by atoms with E-state index >= 15 is 0 Å². The molecule has 0 radical (unpaired) electrons. The summed E-state index contributed by atoms with van der Waals surface area (Å²) >= 11 is 0. The molecule has 0 saturated heterocycles. The first-order chi connectivity index (χ1) is 30.8. The van der Waals surface area contributed by atoms with Crippen molar-refractivity contribution >= 4 is 33.0 Å². The predicted octanol–water partition coefficient (Wildman–Crippen LogP) is 12.4. The molecule has 2 heterocycles. The molecule has 8 heteroatoms. The van der Waals surface area contributed by atoms with Crippen molar-refractivity contribution in [2.45, 2.75) is 59.8 Å². The maximum absolute atomic E-state index is 12.9. The summed E-state index contributed by atoms with van der Waals surface area (Å²) < 4.78 is 11.8. The molecule has 2 aromatic heterocycles. The van der Waals surface area contributed by atoms with Gasteiger partial charge in [-0.3, -0.25) is 9.59 Å². The maximum Gasteiger partial charge on any atom is 0.259 e. The number of para-hydroxylation sites is 4. The second-order valence-corrected chi connectivity index (χ2v) is 15.4. The van der Waals surface area contributed by atoms with Crippen LogP contribution in [0.4, 0.5) is 0 Å². The van der Waals surface area contributed by atoms with E-state index < -0.39 is 0 Å². The summed E-state index contributed by atoms with van der Waals surface area (Å²) in [4.78, 5) is 41.5. The number of benzene rings is 6. The minimum atomic E-state index is -0.150. The quantitative estimate of drug-likeness (QED) is 0.106. The van der Waals surface area contributed by atoms with E-state index in [1.165, 1.54) is 11.1 Å². The zero-order valence-corrected chi connectivity index (χ0v) is 36.5. The highest BCUT2D eigenvalue weighted by molar-refractivity contribution is 5.92. The molecule has 8 rings (SSSR count). The zero-order valence-electron chi connectivity index (χ0n) is 36.5. The summed E-state index contributed by atoms with van der Waals surface area (Å²) in [6, 6.07) is 47.7. The van der Waals surface area contributed by atoms with Crippen LogP contribution in [0.15, 0.2) is 167 Å². The Kier molecular flexibility index (Phi) is 14.9. The van der Waals surface area contributed by atoms with Gasteiger partial charge in [0.2, 0.25) is 0 Å². The second-order valence-electron chi connectivity index (χ2n) is 15.4. The fourth-order valence-electron chi connectivity index (χ4n) is 7.42. The van der Waals surface area contributed by atoms with E-state index in [4.69, 9.17) is 19.4 Å². The Hall–Kier alpha value is -7.32. The van der Waals surface area contributed by atoms with Gasteiger partial charge < -0.3 is 19.4 Å². The Bertz CT molecular complexity index is 2970. The van der Waals surface area contributed by atoms with E-state index in [1.54, 1.807) is 0 Å². The lowest BCUT2D eigenvalue weighted by Gasteiger charge is -2.12. The van der Waals surface area contributed by atoms with Crippen LogP contribution in [0, 0.1) is 0 Å². The van der Waals surface area contributed by atoms with Crippen LogP contribution in [0.1, 0.15) is 69.2 Å². The van der Waals surface area contributed by atoms with E-state index in [-0.39, 0.29) is 11.1 Å². The van der Waals surface area contributed by atoms with Gasteiger partial charge in [0.05, 0.1) is 46.1 Å². The van der Waals surface area contributed by atoms with Crippen molar-refractivity contribution in [1.29, 1.82) is 0 Å². The molecule has 0 fully saturated rings. The molecular weight excluding hydrogens is 781 g/mol. The fourth-order valence-corrected chi connectivity index (χ4v) is 7.42. The van der Waals surface area contributed by atoms with Crippen LogP contribution in [0.5, 0.6) is 11.5 Å². The van der Waals surface area contributed by atoms with Crippen LogP contribution in [-0.4, -0.2) is 33.1 Å². The molecule has 0 aliphatic carbocycles. The lowest BCUT2D eigenvalue weighted by atomic mass is 10.0. The van der Waals surface area contributed by atoms with Gasteiger partial charge in [-0.25, -0.2) is 9.97 Å². The van der Waals surface area contributed by atoms with Crippen molar-refractivity contribution in [2.24, 2.45) is 0 Å². The van der Waals surface area contributed by atoms with Gasteiger partial charge in [0, 0.05) is 11.1 Å². The molecule has 0 saturated carbocycles. The van der Waals surface area contributed by atoms with Crippen LogP contribution >= 0.6 is 0 Å². The predicted molar refractivity (Wildman–Crippen MR) is 259 cm³/mol. The highest BCUT2D eigenvalue weighted by Crippen LogP contribution is 2.31. The van der Waals surface area contributed by atoms with Crippen molar-refractivity contribution in [3.63, 3.8) is 0 Å². The standard InChI is InChI=1S/C28H28N2O2.C27H26N2O2/c1-3-19-32-25-18-8-7-15-23(25)27-29-26-22(16-10-17-24(26)28(31)30-27)20(2)11-9-14-21-12-5-4-6-13-21;1-3-18-31-24-15-8-7-12-22(24)26-28-25-21(13-9-14-23(25)27(30)29-26)19(2)16-17-20-10-5-4-6-11-20/h4-8,10-13,15-18H,3,9,14,19H2,1-2H3,(H,29,30,31);4-16H,3,17-18H2,1-2H3,(H,28,29,30)/b20-11-;19-16-. The molecule has 0 unspecified atom stereocenters. The Balaban J connectivity index is 0.000000189. The van der Waals surface area contributed by atoms with Gasteiger partial charge in [-0.1, -0.05) is 135 Å². The van der Waals surface area contributed by atoms with Gasteiger partial charge in [-0.2, -0.15) is 0 Å². The van der Waals surface area contributed by atoms with Gasteiger partial charge in [0.15, 0.2) is 0 Å². The molecule has 0 aliphatic rings. The third-order valence-corrected chi connectivity index (χ3v) is 10.7. The highest BCUT2D eigenvalue weighted by Gasteiger charge is 2.15. The smallest absolute Gasteiger partial charge is 0.259 e. The summed E-state index contributed by atoms with van der Waals surface area (Å²) in [5.74, 6) is 2.50.